The molecule has 1 amide bonds. The number of nitrogens with zero attached hydrogens (tertiary/aromatic N) is 2. The Hall–Kier alpha value is -1.18. The van der Waals surface area contributed by atoms with Gasteiger partial charge in [0.05, 0.1) is 14.7 Å². The molecule has 2 saturated heterocycles. The Morgan fingerprint density at radius 3 is 2.83 bits per heavy atom. The van der Waals surface area contributed by atoms with Crippen molar-refractivity contribution in [3.8, 4) is 5.75 Å². The van der Waals surface area contributed by atoms with Gasteiger partial charge in [-0.3, -0.25) is 9.78 Å². The molecule has 2 fully saturated rings. The van der Waals surface area contributed by atoms with E-state index < -0.39 is 0 Å². The molecule has 2 N–H and O–H groups in total. The van der Waals surface area contributed by atoms with Crippen LogP contribution in [-0.2, 0) is 0 Å². The van der Waals surface area contributed by atoms with Crippen molar-refractivity contribution < 1.29 is 9.90 Å². The third-order valence-corrected chi connectivity index (χ3v) is 7.08. The van der Waals surface area contributed by atoms with Crippen LogP contribution >= 0.6 is 27.3 Å². The lowest BCUT2D eigenvalue weighted by molar-refractivity contribution is 0.0880. The Morgan fingerprint density at radius 2 is 2.13 bits per heavy atom. The molecule has 2 atom stereocenters. The first-order chi connectivity index (χ1) is 11.0. The van der Waals surface area contributed by atoms with Gasteiger partial charge in [0.25, 0.3) is 5.91 Å². The summed E-state index contributed by atoms with van der Waals surface area (Å²) >= 11 is 4.78. The van der Waals surface area contributed by atoms with Crippen molar-refractivity contribution in [1.29, 1.82) is 0 Å². The molecule has 5 nitrogen and oxygen atoms in total. The lowest BCUT2D eigenvalue weighted by Crippen LogP contribution is -2.48. The van der Waals surface area contributed by atoms with E-state index in [0.717, 1.165) is 17.3 Å². The van der Waals surface area contributed by atoms with Gasteiger partial charge in [0.1, 0.15) is 11.3 Å². The smallest absolute Gasteiger partial charge is 0.256 e. The zero-order valence-electron chi connectivity index (χ0n) is 12.8. The Bertz CT molecular complexity index is 764. The van der Waals surface area contributed by atoms with Crippen molar-refractivity contribution in [1.82, 2.24) is 15.2 Å². The molecular weight excluding hydrogens is 378 g/mol. The monoisotopic (exact) mass is 395 g/mol. The van der Waals surface area contributed by atoms with Gasteiger partial charge in [-0.1, -0.05) is 0 Å². The SMILES string of the molecule is CN1C2CCC1CC(NC(=O)c1cnc3c(Br)csc3c1O)C2. The molecule has 0 saturated carbocycles. The first-order valence-corrected chi connectivity index (χ1v) is 9.49. The van der Waals surface area contributed by atoms with E-state index in [1.165, 1.54) is 30.4 Å². The minimum atomic E-state index is -0.227. The highest BCUT2D eigenvalue weighted by Gasteiger charge is 2.39. The number of amides is 1. The zero-order chi connectivity index (χ0) is 16.1. The number of fused-ring (bicyclic) bond motifs is 3. The van der Waals surface area contributed by atoms with Crippen LogP contribution in [0.25, 0.3) is 10.2 Å². The fourth-order valence-electron chi connectivity index (χ4n) is 3.89. The van der Waals surface area contributed by atoms with Gasteiger partial charge < -0.3 is 15.3 Å². The van der Waals surface area contributed by atoms with Gasteiger partial charge in [0, 0.05) is 29.7 Å². The Kier molecular flexibility index (Phi) is 3.82. The number of nitrogens with one attached hydrogen (secondary N) is 1. The summed E-state index contributed by atoms with van der Waals surface area (Å²) in [5.74, 6) is -0.200. The van der Waals surface area contributed by atoms with Gasteiger partial charge >= 0.3 is 0 Å². The average Bonchev–Trinajstić information content (AvgIpc) is 2.97. The molecular formula is C16H18BrN3O2S. The summed E-state index contributed by atoms with van der Waals surface area (Å²) in [5, 5.41) is 15.4. The Balaban J connectivity index is 1.55. The second kappa shape index (κ2) is 5.72. The normalized spacial score (nSPS) is 27.5. The predicted molar refractivity (Wildman–Crippen MR) is 94.0 cm³/mol. The van der Waals surface area contributed by atoms with Gasteiger partial charge in [-0.05, 0) is 48.7 Å². The van der Waals surface area contributed by atoms with Crippen LogP contribution in [0, 0.1) is 0 Å². The van der Waals surface area contributed by atoms with Crippen LogP contribution in [0.4, 0.5) is 0 Å². The van der Waals surface area contributed by atoms with E-state index in [4.69, 9.17) is 0 Å². The summed E-state index contributed by atoms with van der Waals surface area (Å²) in [6.45, 7) is 0. The number of aromatic hydroxyl groups is 1. The van der Waals surface area contributed by atoms with Crippen LogP contribution in [0.3, 0.4) is 0 Å². The molecule has 2 aliphatic heterocycles. The predicted octanol–water partition coefficient (Wildman–Crippen LogP) is 3.12. The number of carbonyl (C=O) groups excluding carboxylic acids is 1. The lowest BCUT2D eigenvalue weighted by atomic mass is 9.97. The number of hydrogen-bond acceptors (Lipinski definition) is 5. The van der Waals surface area contributed by atoms with Crippen molar-refractivity contribution in [2.24, 2.45) is 0 Å². The van der Waals surface area contributed by atoms with E-state index in [-0.39, 0.29) is 23.3 Å². The second-order valence-corrected chi connectivity index (χ2v) is 8.21. The van der Waals surface area contributed by atoms with E-state index in [1.807, 2.05) is 5.38 Å². The standard InChI is InChI=1S/C16H18BrN3O2S/c1-20-9-2-3-10(20)5-8(4-9)19-16(22)11-6-18-13-12(17)7-23-15(13)14(11)21/h6-10H,2-5H2,1H3,(H,18,21)(H,19,22). The molecule has 2 aromatic heterocycles. The van der Waals surface area contributed by atoms with Gasteiger partial charge in [0.2, 0.25) is 0 Å². The van der Waals surface area contributed by atoms with Gasteiger partial charge in [-0.25, -0.2) is 0 Å². The molecule has 2 unspecified atom stereocenters. The third-order valence-electron chi connectivity index (χ3n) is 5.19. The molecule has 23 heavy (non-hydrogen) atoms. The molecule has 122 valence electrons. The van der Waals surface area contributed by atoms with E-state index in [1.54, 1.807) is 0 Å². The quantitative estimate of drug-likeness (QED) is 0.819. The summed E-state index contributed by atoms with van der Waals surface area (Å²) in [6, 6.07) is 1.32. The van der Waals surface area contributed by atoms with E-state index >= 15 is 0 Å². The molecule has 2 bridgehead atoms. The third kappa shape index (κ3) is 2.55. The maximum absolute atomic E-state index is 12.6. The van der Waals surface area contributed by atoms with Gasteiger partial charge in [-0.2, -0.15) is 0 Å². The largest absolute Gasteiger partial charge is 0.505 e. The first kappa shape index (κ1) is 15.4. The van der Waals surface area contributed by atoms with Gasteiger partial charge in [-0.15, -0.1) is 11.3 Å². The average molecular weight is 396 g/mol. The van der Waals surface area contributed by atoms with E-state index in [0.29, 0.717) is 22.3 Å². The Labute approximate surface area is 146 Å². The van der Waals surface area contributed by atoms with E-state index in [9.17, 15) is 9.90 Å². The summed E-state index contributed by atoms with van der Waals surface area (Å²) in [5.41, 5.74) is 0.958. The number of thiophene rings is 1. The Morgan fingerprint density at radius 1 is 1.43 bits per heavy atom. The van der Waals surface area contributed by atoms with Crippen molar-refractivity contribution in [3.63, 3.8) is 0 Å². The molecule has 4 rings (SSSR count). The molecule has 0 spiro atoms. The van der Waals surface area contributed by atoms with Crippen molar-refractivity contribution in [3.05, 3.63) is 21.6 Å². The highest BCUT2D eigenvalue weighted by Crippen LogP contribution is 2.37. The molecule has 2 aromatic rings. The van der Waals surface area contributed by atoms with E-state index in [2.05, 4.69) is 38.2 Å². The van der Waals surface area contributed by atoms with Crippen molar-refractivity contribution in [2.45, 2.75) is 43.8 Å². The molecule has 4 heterocycles. The minimum Gasteiger partial charge on any atom is -0.505 e. The number of pyridine rings is 1. The number of hydrogen-bond donors (Lipinski definition) is 2. The first-order valence-electron chi connectivity index (χ1n) is 7.82. The molecule has 7 heteroatoms. The summed E-state index contributed by atoms with van der Waals surface area (Å²) in [7, 11) is 2.18. The highest BCUT2D eigenvalue weighted by atomic mass is 79.9. The topological polar surface area (TPSA) is 65.5 Å². The van der Waals surface area contributed by atoms with Crippen molar-refractivity contribution in [2.75, 3.05) is 7.05 Å². The van der Waals surface area contributed by atoms with Crippen LogP contribution in [-0.4, -0.2) is 46.1 Å². The number of aromatic nitrogens is 1. The zero-order valence-corrected chi connectivity index (χ0v) is 15.2. The fraction of sp³-hybridized carbons (Fsp3) is 0.500. The van der Waals surface area contributed by atoms with Crippen LogP contribution < -0.4 is 5.32 Å². The number of halogens is 1. The van der Waals surface area contributed by atoms with Crippen LogP contribution in [0.5, 0.6) is 5.75 Å². The minimum absolute atomic E-state index is 0.0269. The number of rotatable bonds is 2. The lowest BCUT2D eigenvalue weighted by Gasteiger charge is -2.36. The summed E-state index contributed by atoms with van der Waals surface area (Å²) in [6.07, 6.45) is 5.87. The molecule has 0 aromatic carbocycles. The number of carbonyl (C=O) groups is 1. The maximum Gasteiger partial charge on any atom is 0.256 e. The molecule has 0 aliphatic carbocycles. The van der Waals surface area contributed by atoms with Crippen molar-refractivity contribution >= 4 is 43.4 Å². The van der Waals surface area contributed by atoms with Crippen LogP contribution in [0.2, 0.25) is 0 Å². The maximum atomic E-state index is 12.6. The van der Waals surface area contributed by atoms with Gasteiger partial charge in [0.15, 0.2) is 0 Å². The van der Waals surface area contributed by atoms with Crippen LogP contribution in [0.15, 0.2) is 16.0 Å². The summed E-state index contributed by atoms with van der Waals surface area (Å²) < 4.78 is 1.49. The fourth-order valence-corrected chi connectivity index (χ4v) is 5.43. The van der Waals surface area contributed by atoms with Crippen LogP contribution in [0.1, 0.15) is 36.0 Å². The highest BCUT2D eigenvalue weighted by molar-refractivity contribution is 9.10. The number of piperidine rings is 1. The molecule has 2 aliphatic rings. The second-order valence-electron chi connectivity index (χ2n) is 6.47. The molecule has 0 radical (unpaired) electrons. The summed E-state index contributed by atoms with van der Waals surface area (Å²) in [4.78, 5) is 19.3.